The van der Waals surface area contributed by atoms with Gasteiger partial charge >= 0.3 is 0 Å². The van der Waals surface area contributed by atoms with Crippen molar-refractivity contribution in [3.05, 3.63) is 0 Å². The van der Waals surface area contributed by atoms with Gasteiger partial charge in [-0.3, -0.25) is 4.79 Å². The maximum absolute atomic E-state index is 12.3. The van der Waals surface area contributed by atoms with Gasteiger partial charge in [-0.2, -0.15) is 0 Å². The van der Waals surface area contributed by atoms with E-state index < -0.39 is 10.0 Å². The number of nitrogens with zero attached hydrogens (tertiary/aromatic N) is 2. The van der Waals surface area contributed by atoms with E-state index in [1.807, 2.05) is 0 Å². The number of hydrogen-bond acceptors (Lipinski definition) is 4. The van der Waals surface area contributed by atoms with E-state index in [0.29, 0.717) is 39.4 Å². The summed E-state index contributed by atoms with van der Waals surface area (Å²) in [6.07, 6.45) is 2.74. The van der Waals surface area contributed by atoms with Crippen molar-refractivity contribution in [1.29, 1.82) is 0 Å². The van der Waals surface area contributed by atoms with Crippen LogP contribution in [0.5, 0.6) is 0 Å². The normalized spacial score (nSPS) is 27.2. The summed E-state index contributed by atoms with van der Waals surface area (Å²) in [4.78, 5) is 14.1. The van der Waals surface area contributed by atoms with Gasteiger partial charge < -0.3 is 9.64 Å². The first-order chi connectivity index (χ1) is 8.48. The van der Waals surface area contributed by atoms with Crippen molar-refractivity contribution in [2.45, 2.75) is 12.8 Å². The van der Waals surface area contributed by atoms with Gasteiger partial charge in [-0.1, -0.05) is 0 Å². The van der Waals surface area contributed by atoms with Gasteiger partial charge in [0.05, 0.1) is 25.4 Å². The predicted octanol–water partition coefficient (Wildman–Crippen LogP) is -0.483. The predicted molar refractivity (Wildman–Crippen MR) is 66.5 cm³/mol. The summed E-state index contributed by atoms with van der Waals surface area (Å²) in [5.74, 6) is -0.113. The van der Waals surface area contributed by atoms with E-state index in [-0.39, 0.29) is 11.8 Å². The molecule has 0 aromatic heterocycles. The fraction of sp³-hybridized carbons (Fsp3) is 0.909. The first-order valence-electron chi connectivity index (χ1n) is 6.30. The van der Waals surface area contributed by atoms with Gasteiger partial charge in [0, 0.05) is 26.2 Å². The van der Waals surface area contributed by atoms with E-state index in [2.05, 4.69) is 0 Å². The zero-order valence-electron chi connectivity index (χ0n) is 10.7. The maximum Gasteiger partial charge on any atom is 0.227 e. The van der Waals surface area contributed by atoms with Crippen molar-refractivity contribution < 1.29 is 17.9 Å². The number of amides is 1. The SMILES string of the molecule is CS(=O)(=O)N1CCC[C@@H](C(=O)N2CCOCC2)C1. The van der Waals surface area contributed by atoms with Crippen molar-refractivity contribution in [2.75, 3.05) is 45.6 Å². The zero-order chi connectivity index (χ0) is 13.2. The third kappa shape index (κ3) is 3.21. The Kier molecular flexibility index (Phi) is 4.24. The molecule has 104 valence electrons. The zero-order valence-corrected chi connectivity index (χ0v) is 11.5. The molecule has 0 aromatic rings. The lowest BCUT2D eigenvalue weighted by molar-refractivity contribution is -0.140. The Morgan fingerprint density at radius 2 is 1.89 bits per heavy atom. The summed E-state index contributed by atoms with van der Waals surface area (Å²) >= 11 is 0. The van der Waals surface area contributed by atoms with Gasteiger partial charge in [0.15, 0.2) is 0 Å². The number of piperidine rings is 1. The highest BCUT2D eigenvalue weighted by molar-refractivity contribution is 7.88. The van der Waals surface area contributed by atoms with Crippen LogP contribution in [0.4, 0.5) is 0 Å². The summed E-state index contributed by atoms with van der Waals surface area (Å²) < 4.78 is 29.7. The number of carbonyl (C=O) groups is 1. The van der Waals surface area contributed by atoms with Crippen LogP contribution in [0.1, 0.15) is 12.8 Å². The fourth-order valence-electron chi connectivity index (χ4n) is 2.49. The average molecular weight is 276 g/mol. The number of sulfonamides is 1. The second-order valence-electron chi connectivity index (χ2n) is 4.90. The van der Waals surface area contributed by atoms with Gasteiger partial charge in [-0.25, -0.2) is 12.7 Å². The van der Waals surface area contributed by atoms with Gasteiger partial charge in [-0.05, 0) is 12.8 Å². The van der Waals surface area contributed by atoms with E-state index in [4.69, 9.17) is 4.74 Å². The first kappa shape index (κ1) is 13.8. The van der Waals surface area contributed by atoms with Crippen LogP contribution in [0.2, 0.25) is 0 Å². The van der Waals surface area contributed by atoms with Crippen molar-refractivity contribution in [3.8, 4) is 0 Å². The number of morpholine rings is 1. The van der Waals surface area contributed by atoms with E-state index in [1.165, 1.54) is 10.6 Å². The molecular weight excluding hydrogens is 256 g/mol. The molecule has 0 aromatic carbocycles. The molecule has 0 bridgehead atoms. The molecule has 2 fully saturated rings. The number of rotatable bonds is 2. The average Bonchev–Trinajstić information content (AvgIpc) is 2.38. The maximum atomic E-state index is 12.3. The minimum Gasteiger partial charge on any atom is -0.378 e. The lowest BCUT2D eigenvalue weighted by Gasteiger charge is -2.35. The molecular formula is C11H20N2O4S. The molecule has 0 aliphatic carbocycles. The summed E-state index contributed by atoms with van der Waals surface area (Å²) in [5.41, 5.74) is 0. The molecule has 18 heavy (non-hydrogen) atoms. The smallest absolute Gasteiger partial charge is 0.227 e. The molecule has 6 nitrogen and oxygen atoms in total. The standard InChI is InChI=1S/C11H20N2O4S/c1-18(15,16)13-4-2-3-10(9-13)11(14)12-5-7-17-8-6-12/h10H,2-9H2,1H3/t10-/m1/s1. The molecule has 2 saturated heterocycles. The van der Waals surface area contributed by atoms with Crippen molar-refractivity contribution in [1.82, 2.24) is 9.21 Å². The highest BCUT2D eigenvalue weighted by Gasteiger charge is 2.32. The molecule has 1 atom stereocenters. The van der Waals surface area contributed by atoms with Gasteiger partial charge in [-0.15, -0.1) is 0 Å². The van der Waals surface area contributed by atoms with Crippen molar-refractivity contribution in [2.24, 2.45) is 5.92 Å². The van der Waals surface area contributed by atoms with Gasteiger partial charge in [0.25, 0.3) is 0 Å². The molecule has 2 aliphatic rings. The van der Waals surface area contributed by atoms with E-state index in [9.17, 15) is 13.2 Å². The quantitative estimate of drug-likeness (QED) is 0.683. The highest BCUT2D eigenvalue weighted by atomic mass is 32.2. The first-order valence-corrected chi connectivity index (χ1v) is 8.15. The lowest BCUT2D eigenvalue weighted by Crippen LogP contribution is -2.49. The van der Waals surface area contributed by atoms with E-state index >= 15 is 0 Å². The monoisotopic (exact) mass is 276 g/mol. The van der Waals surface area contributed by atoms with E-state index in [0.717, 1.165) is 12.8 Å². The molecule has 0 unspecified atom stereocenters. The van der Waals surface area contributed by atoms with Crippen LogP contribution in [0, 0.1) is 5.92 Å². The molecule has 0 radical (unpaired) electrons. The molecule has 2 heterocycles. The molecule has 1 amide bonds. The van der Waals surface area contributed by atoms with Crippen LogP contribution in [-0.2, 0) is 19.6 Å². The van der Waals surface area contributed by atoms with Crippen LogP contribution < -0.4 is 0 Å². The Bertz CT molecular complexity index is 403. The summed E-state index contributed by atoms with van der Waals surface area (Å²) in [6, 6.07) is 0. The van der Waals surface area contributed by atoms with Crippen LogP contribution in [-0.4, -0.2) is 69.2 Å². The van der Waals surface area contributed by atoms with E-state index in [1.54, 1.807) is 4.90 Å². The van der Waals surface area contributed by atoms with Crippen molar-refractivity contribution in [3.63, 3.8) is 0 Å². The largest absolute Gasteiger partial charge is 0.378 e. The number of carbonyl (C=O) groups excluding carboxylic acids is 1. The molecule has 0 spiro atoms. The molecule has 2 rings (SSSR count). The number of ether oxygens (including phenoxy) is 1. The Hall–Kier alpha value is -0.660. The third-order valence-electron chi connectivity index (χ3n) is 3.53. The minimum atomic E-state index is -3.19. The summed E-state index contributed by atoms with van der Waals surface area (Å²) in [6.45, 7) is 3.26. The molecule has 7 heteroatoms. The topological polar surface area (TPSA) is 66.9 Å². The molecule has 0 N–H and O–H groups in total. The van der Waals surface area contributed by atoms with Crippen LogP contribution in [0.15, 0.2) is 0 Å². The highest BCUT2D eigenvalue weighted by Crippen LogP contribution is 2.21. The second-order valence-corrected chi connectivity index (χ2v) is 6.88. The van der Waals surface area contributed by atoms with Crippen LogP contribution in [0.25, 0.3) is 0 Å². The lowest BCUT2D eigenvalue weighted by atomic mass is 9.98. The second kappa shape index (κ2) is 5.54. The fourth-order valence-corrected chi connectivity index (χ4v) is 3.40. The van der Waals surface area contributed by atoms with Crippen molar-refractivity contribution >= 4 is 15.9 Å². The Balaban J connectivity index is 1.97. The Morgan fingerprint density at radius 1 is 1.22 bits per heavy atom. The number of hydrogen-bond donors (Lipinski definition) is 0. The van der Waals surface area contributed by atoms with Crippen LogP contribution >= 0.6 is 0 Å². The van der Waals surface area contributed by atoms with Crippen LogP contribution in [0.3, 0.4) is 0 Å². The molecule has 2 aliphatic heterocycles. The summed E-state index contributed by atoms with van der Waals surface area (Å²) in [7, 11) is -3.19. The third-order valence-corrected chi connectivity index (χ3v) is 4.79. The Labute approximate surface area is 108 Å². The summed E-state index contributed by atoms with van der Waals surface area (Å²) in [5, 5.41) is 0. The molecule has 0 saturated carbocycles. The minimum absolute atomic E-state index is 0.0756. The Morgan fingerprint density at radius 3 is 2.50 bits per heavy atom. The van der Waals surface area contributed by atoms with Gasteiger partial charge in [0.2, 0.25) is 15.9 Å². The van der Waals surface area contributed by atoms with Gasteiger partial charge in [0.1, 0.15) is 0 Å².